The van der Waals surface area contributed by atoms with Crippen LogP contribution in [0.4, 0.5) is 13.2 Å². The second kappa shape index (κ2) is 7.79. The van der Waals surface area contributed by atoms with Gasteiger partial charge in [0, 0.05) is 19.6 Å². The predicted octanol–water partition coefficient (Wildman–Crippen LogP) is 3.01. The Labute approximate surface area is 134 Å². The Morgan fingerprint density at radius 1 is 1.48 bits per heavy atom. The summed E-state index contributed by atoms with van der Waals surface area (Å²) in [4.78, 5) is 0. The third-order valence-corrected chi connectivity index (χ3v) is 3.88. The molecule has 1 rings (SSSR count). The molecule has 0 atom stereocenters. The molecule has 0 aliphatic rings. The smallest absolute Gasteiger partial charge is 0.363 e. The van der Waals surface area contributed by atoms with Gasteiger partial charge in [0.25, 0.3) is 0 Å². The van der Waals surface area contributed by atoms with Crippen molar-refractivity contribution in [2.75, 3.05) is 13.1 Å². The number of hydrogen-bond donors (Lipinski definition) is 2. The Hall–Kier alpha value is -1.09. The van der Waals surface area contributed by atoms with E-state index in [-0.39, 0.29) is 4.47 Å². The number of thiocarbonyl (C=S) groups is 1. The van der Waals surface area contributed by atoms with Crippen LogP contribution in [0, 0.1) is 6.92 Å². The first kappa shape index (κ1) is 18.0. The fraction of sp³-hybridized carbons (Fsp3) is 0.500. The summed E-state index contributed by atoms with van der Waals surface area (Å²) in [5.74, 6) is 0. The van der Waals surface area contributed by atoms with Crippen LogP contribution >= 0.6 is 28.1 Å². The van der Waals surface area contributed by atoms with Crippen LogP contribution in [0.25, 0.3) is 0 Å². The van der Waals surface area contributed by atoms with Crippen LogP contribution in [0.3, 0.4) is 0 Å². The molecule has 0 aliphatic carbocycles. The van der Waals surface area contributed by atoms with Crippen LogP contribution in [-0.4, -0.2) is 28.0 Å². The summed E-state index contributed by atoms with van der Waals surface area (Å²) in [7, 11) is 0. The van der Waals surface area contributed by atoms with E-state index in [0.29, 0.717) is 36.9 Å². The van der Waals surface area contributed by atoms with Crippen LogP contribution in [0.2, 0.25) is 0 Å². The van der Waals surface area contributed by atoms with Gasteiger partial charge in [-0.3, -0.25) is 4.68 Å². The lowest BCUT2D eigenvalue weighted by Gasteiger charge is -2.09. The summed E-state index contributed by atoms with van der Waals surface area (Å²) in [6.07, 6.45) is -2.18. The van der Waals surface area contributed by atoms with E-state index in [1.807, 2.05) is 0 Å². The van der Waals surface area contributed by atoms with Crippen LogP contribution < -0.4 is 10.6 Å². The average molecular weight is 385 g/mol. The van der Waals surface area contributed by atoms with E-state index in [2.05, 4.69) is 38.2 Å². The topological polar surface area (TPSA) is 41.9 Å². The van der Waals surface area contributed by atoms with E-state index in [0.717, 1.165) is 0 Å². The summed E-state index contributed by atoms with van der Waals surface area (Å²) < 4.78 is 39.4. The van der Waals surface area contributed by atoms with Crippen molar-refractivity contribution >= 4 is 33.3 Å². The van der Waals surface area contributed by atoms with Crippen molar-refractivity contribution < 1.29 is 13.2 Å². The van der Waals surface area contributed by atoms with E-state index in [9.17, 15) is 13.2 Å². The quantitative estimate of drug-likeness (QED) is 0.449. The largest absolute Gasteiger partial charge is 0.436 e. The third kappa shape index (κ3) is 5.31. The molecule has 4 nitrogen and oxygen atoms in total. The fourth-order valence-electron chi connectivity index (χ4n) is 1.58. The Balaban J connectivity index is 2.50. The van der Waals surface area contributed by atoms with E-state index >= 15 is 0 Å². The van der Waals surface area contributed by atoms with Gasteiger partial charge in [0.05, 0.1) is 10.2 Å². The lowest BCUT2D eigenvalue weighted by molar-refractivity contribution is -0.142. The van der Waals surface area contributed by atoms with E-state index in [4.69, 9.17) is 12.2 Å². The summed E-state index contributed by atoms with van der Waals surface area (Å²) in [5, 5.41) is 9.95. The summed E-state index contributed by atoms with van der Waals surface area (Å²) in [6.45, 7) is 6.62. The van der Waals surface area contributed by atoms with Crippen LogP contribution in [-0.2, 0) is 12.7 Å². The number of hydrogen-bond acceptors (Lipinski definition) is 2. The second-order valence-corrected chi connectivity index (χ2v) is 5.45. The molecule has 0 unspecified atom stereocenters. The highest BCUT2D eigenvalue weighted by molar-refractivity contribution is 9.10. The van der Waals surface area contributed by atoms with Gasteiger partial charge in [0.15, 0.2) is 10.8 Å². The minimum Gasteiger partial charge on any atom is -0.363 e. The predicted molar refractivity (Wildman–Crippen MR) is 83.1 cm³/mol. The molecule has 118 valence electrons. The van der Waals surface area contributed by atoms with E-state index in [1.54, 1.807) is 13.0 Å². The number of aromatic nitrogens is 2. The van der Waals surface area contributed by atoms with Gasteiger partial charge in [-0.15, -0.1) is 6.58 Å². The number of halogens is 4. The molecule has 21 heavy (non-hydrogen) atoms. The zero-order valence-electron chi connectivity index (χ0n) is 11.4. The van der Waals surface area contributed by atoms with Gasteiger partial charge >= 0.3 is 6.18 Å². The number of nitrogens with zero attached hydrogens (tertiary/aromatic N) is 2. The second-order valence-electron chi connectivity index (χ2n) is 4.25. The molecule has 2 N–H and O–H groups in total. The molecule has 0 saturated carbocycles. The van der Waals surface area contributed by atoms with Gasteiger partial charge in [-0.2, -0.15) is 18.3 Å². The monoisotopic (exact) mass is 384 g/mol. The maximum Gasteiger partial charge on any atom is 0.436 e. The highest BCUT2D eigenvalue weighted by Crippen LogP contribution is 2.35. The van der Waals surface area contributed by atoms with Crippen molar-refractivity contribution in [1.82, 2.24) is 20.4 Å². The Kier molecular flexibility index (Phi) is 6.66. The van der Waals surface area contributed by atoms with Crippen molar-refractivity contribution in [3.05, 3.63) is 28.5 Å². The molecule has 0 fully saturated rings. The van der Waals surface area contributed by atoms with Gasteiger partial charge in [-0.1, -0.05) is 6.08 Å². The minimum absolute atomic E-state index is 0.00821. The molecule has 0 bridgehead atoms. The standard InChI is InChI=1S/C12H16BrF3N4S/c1-3-5-17-11(21)18-6-4-7-20-8(2)9(13)10(19-20)12(14,15)16/h3H,1,4-7H2,2H3,(H2,17,18,21). The lowest BCUT2D eigenvalue weighted by atomic mass is 10.3. The molecule has 0 aliphatic heterocycles. The van der Waals surface area contributed by atoms with Crippen LogP contribution in [0.15, 0.2) is 17.1 Å². The molecule has 1 heterocycles. The molecule has 9 heteroatoms. The molecule has 1 aromatic heterocycles. The summed E-state index contributed by atoms with van der Waals surface area (Å²) in [5.41, 5.74) is -0.439. The molecule has 0 amide bonds. The van der Waals surface area contributed by atoms with Gasteiger partial charge in [-0.05, 0) is 41.5 Å². The van der Waals surface area contributed by atoms with Gasteiger partial charge in [0.2, 0.25) is 0 Å². The Bertz CT molecular complexity index is 513. The van der Waals surface area contributed by atoms with Crippen LogP contribution in [0.5, 0.6) is 0 Å². The summed E-state index contributed by atoms with van der Waals surface area (Å²) in [6, 6.07) is 0. The minimum atomic E-state index is -4.46. The molecule has 0 spiro atoms. The van der Waals surface area contributed by atoms with Gasteiger partial charge in [0.1, 0.15) is 0 Å². The van der Waals surface area contributed by atoms with Crippen molar-refractivity contribution in [3.63, 3.8) is 0 Å². The van der Waals surface area contributed by atoms with Crippen molar-refractivity contribution in [1.29, 1.82) is 0 Å². The van der Waals surface area contributed by atoms with E-state index < -0.39 is 11.9 Å². The number of nitrogens with one attached hydrogen (secondary N) is 2. The zero-order chi connectivity index (χ0) is 16.0. The first-order chi connectivity index (χ1) is 9.77. The molecule has 0 aromatic carbocycles. The summed E-state index contributed by atoms with van der Waals surface area (Å²) >= 11 is 7.94. The highest BCUT2D eigenvalue weighted by atomic mass is 79.9. The van der Waals surface area contributed by atoms with Gasteiger partial charge in [-0.25, -0.2) is 0 Å². The van der Waals surface area contributed by atoms with Crippen molar-refractivity contribution in [2.45, 2.75) is 26.1 Å². The Morgan fingerprint density at radius 3 is 2.67 bits per heavy atom. The first-order valence-corrected chi connectivity index (χ1v) is 7.40. The third-order valence-electron chi connectivity index (χ3n) is 2.64. The zero-order valence-corrected chi connectivity index (χ0v) is 13.8. The van der Waals surface area contributed by atoms with Crippen molar-refractivity contribution in [2.24, 2.45) is 0 Å². The first-order valence-electron chi connectivity index (χ1n) is 6.20. The number of alkyl halides is 3. The average Bonchev–Trinajstić information content (AvgIpc) is 2.69. The Morgan fingerprint density at radius 2 is 2.14 bits per heavy atom. The fourth-order valence-corrected chi connectivity index (χ4v) is 2.28. The normalized spacial score (nSPS) is 11.3. The number of rotatable bonds is 6. The van der Waals surface area contributed by atoms with E-state index in [1.165, 1.54) is 4.68 Å². The maximum atomic E-state index is 12.7. The highest BCUT2D eigenvalue weighted by Gasteiger charge is 2.37. The number of aryl methyl sites for hydroxylation is 1. The van der Waals surface area contributed by atoms with Crippen molar-refractivity contribution in [3.8, 4) is 0 Å². The maximum absolute atomic E-state index is 12.7. The van der Waals surface area contributed by atoms with Gasteiger partial charge < -0.3 is 10.6 Å². The SMILES string of the molecule is C=CCNC(=S)NCCCn1nc(C(F)(F)F)c(Br)c1C. The molecule has 0 radical (unpaired) electrons. The molecule has 0 saturated heterocycles. The molecular weight excluding hydrogens is 369 g/mol. The van der Waals surface area contributed by atoms with Crippen LogP contribution in [0.1, 0.15) is 17.8 Å². The molecular formula is C12H16BrF3N4S. The lowest BCUT2D eigenvalue weighted by Crippen LogP contribution is -2.36. The molecule has 1 aromatic rings.